The molecular weight excluding hydrogens is 503 g/mol. The third-order valence-corrected chi connectivity index (χ3v) is 7.52. The number of hydrogen-bond acceptors (Lipinski definition) is 5. The molecule has 2 aromatic heterocycles. The van der Waals surface area contributed by atoms with Gasteiger partial charge in [-0.15, -0.1) is 5.10 Å². The molecule has 3 heterocycles. The summed E-state index contributed by atoms with van der Waals surface area (Å²) >= 11 is 13.4. The number of carbonyl (C=O) groups excluding carboxylic acids is 1. The molecule has 5 aromatic rings. The van der Waals surface area contributed by atoms with Crippen molar-refractivity contribution in [2.24, 2.45) is 0 Å². The SMILES string of the molecule is Cc1ccc(CN2C(=O)C(=c3sc4nc(-c5ccc(Cl)cc5Cl)nn4c3=O)c3ccccc32)cc1. The second-order valence-electron chi connectivity index (χ2n) is 8.26. The monoisotopic (exact) mass is 518 g/mol. The number of para-hydroxylation sites is 1. The van der Waals surface area contributed by atoms with Crippen LogP contribution in [-0.4, -0.2) is 20.5 Å². The molecule has 1 amide bonds. The zero-order valence-electron chi connectivity index (χ0n) is 18.3. The van der Waals surface area contributed by atoms with Crippen LogP contribution in [0.1, 0.15) is 16.7 Å². The molecule has 0 saturated carbocycles. The van der Waals surface area contributed by atoms with Gasteiger partial charge in [-0.1, -0.05) is 82.6 Å². The number of rotatable bonds is 3. The molecule has 0 aliphatic carbocycles. The summed E-state index contributed by atoms with van der Waals surface area (Å²) in [5.41, 5.74) is 4.23. The lowest BCUT2D eigenvalue weighted by atomic mass is 10.1. The third-order valence-electron chi connectivity index (χ3n) is 5.94. The summed E-state index contributed by atoms with van der Waals surface area (Å²) < 4.78 is 1.55. The minimum Gasteiger partial charge on any atom is -0.303 e. The van der Waals surface area contributed by atoms with Crippen molar-refractivity contribution in [3.63, 3.8) is 0 Å². The molecule has 0 saturated heterocycles. The Morgan fingerprint density at radius 1 is 0.943 bits per heavy atom. The fraction of sp³-hybridized carbons (Fsp3) is 0.0769. The summed E-state index contributed by atoms with van der Waals surface area (Å²) in [6, 6.07) is 20.6. The number of fused-ring (bicyclic) bond motifs is 2. The van der Waals surface area contributed by atoms with Crippen LogP contribution in [0.3, 0.4) is 0 Å². The summed E-state index contributed by atoms with van der Waals surface area (Å²) in [6.45, 7) is 2.43. The number of halogens is 2. The van der Waals surface area contributed by atoms with Crippen LogP contribution in [0.2, 0.25) is 10.0 Å². The summed E-state index contributed by atoms with van der Waals surface area (Å²) in [5, 5.41) is 5.27. The van der Waals surface area contributed by atoms with Crippen molar-refractivity contribution in [1.82, 2.24) is 14.6 Å². The summed E-state index contributed by atoms with van der Waals surface area (Å²) in [4.78, 5) is 33.6. The van der Waals surface area contributed by atoms with E-state index in [1.807, 2.05) is 55.5 Å². The number of thiazole rings is 1. The minimum absolute atomic E-state index is 0.214. The van der Waals surface area contributed by atoms with Crippen LogP contribution in [0.15, 0.2) is 71.5 Å². The first-order valence-electron chi connectivity index (χ1n) is 10.8. The lowest BCUT2D eigenvalue weighted by Gasteiger charge is -2.17. The maximum atomic E-state index is 13.6. The summed E-state index contributed by atoms with van der Waals surface area (Å²) in [5.74, 6) is 0.111. The van der Waals surface area contributed by atoms with Gasteiger partial charge in [0.05, 0.1) is 22.8 Å². The molecule has 0 fully saturated rings. The number of amides is 1. The zero-order chi connectivity index (χ0) is 24.3. The Bertz CT molecular complexity index is 1760. The van der Waals surface area contributed by atoms with E-state index in [2.05, 4.69) is 10.1 Å². The molecule has 0 atom stereocenters. The van der Waals surface area contributed by atoms with Crippen LogP contribution in [0.25, 0.3) is 21.9 Å². The smallest absolute Gasteiger partial charge is 0.291 e. The Balaban J connectivity index is 1.48. The van der Waals surface area contributed by atoms with Gasteiger partial charge in [-0.05, 0) is 36.8 Å². The number of nitrogens with zero attached hydrogens (tertiary/aromatic N) is 4. The highest BCUT2D eigenvalue weighted by atomic mass is 35.5. The lowest BCUT2D eigenvalue weighted by molar-refractivity contribution is -0.113. The Morgan fingerprint density at radius 3 is 2.46 bits per heavy atom. The highest BCUT2D eigenvalue weighted by Crippen LogP contribution is 2.36. The van der Waals surface area contributed by atoms with Crippen LogP contribution >= 0.6 is 34.5 Å². The highest BCUT2D eigenvalue weighted by molar-refractivity contribution is 7.15. The number of benzene rings is 3. The maximum absolute atomic E-state index is 13.6. The largest absolute Gasteiger partial charge is 0.303 e. The van der Waals surface area contributed by atoms with Crippen molar-refractivity contribution in [2.45, 2.75) is 13.5 Å². The first-order chi connectivity index (χ1) is 16.9. The van der Waals surface area contributed by atoms with E-state index < -0.39 is 0 Å². The van der Waals surface area contributed by atoms with Gasteiger partial charge < -0.3 is 4.90 Å². The van der Waals surface area contributed by atoms with Gasteiger partial charge in [-0.2, -0.15) is 9.50 Å². The van der Waals surface area contributed by atoms with Crippen molar-refractivity contribution in [3.05, 3.63) is 108 Å². The first kappa shape index (κ1) is 22.0. The van der Waals surface area contributed by atoms with Crippen molar-refractivity contribution < 1.29 is 4.79 Å². The number of carbonyl (C=O) groups is 1. The Hall–Kier alpha value is -3.52. The van der Waals surface area contributed by atoms with Gasteiger partial charge in [0.15, 0.2) is 5.82 Å². The van der Waals surface area contributed by atoms with E-state index >= 15 is 0 Å². The van der Waals surface area contributed by atoms with E-state index in [1.165, 1.54) is 4.52 Å². The van der Waals surface area contributed by atoms with Crippen LogP contribution < -0.4 is 15.0 Å². The predicted molar refractivity (Wildman–Crippen MR) is 139 cm³/mol. The average Bonchev–Trinajstić information content (AvgIpc) is 3.46. The number of aryl methyl sites for hydroxylation is 1. The number of hydrogen-bond donors (Lipinski definition) is 0. The molecule has 35 heavy (non-hydrogen) atoms. The van der Waals surface area contributed by atoms with E-state index in [4.69, 9.17) is 23.2 Å². The Morgan fingerprint density at radius 2 is 1.71 bits per heavy atom. The topological polar surface area (TPSA) is 67.6 Å². The van der Waals surface area contributed by atoms with E-state index in [0.29, 0.717) is 43.0 Å². The molecule has 1 aliphatic heterocycles. The molecule has 0 radical (unpaired) electrons. The molecule has 6 nitrogen and oxygen atoms in total. The van der Waals surface area contributed by atoms with E-state index in [0.717, 1.165) is 33.7 Å². The third kappa shape index (κ3) is 3.63. The molecule has 3 aromatic carbocycles. The van der Waals surface area contributed by atoms with Gasteiger partial charge in [-0.3, -0.25) is 9.59 Å². The van der Waals surface area contributed by atoms with Gasteiger partial charge in [0.2, 0.25) is 4.96 Å². The summed E-state index contributed by atoms with van der Waals surface area (Å²) in [6.07, 6.45) is 0. The fourth-order valence-corrected chi connectivity index (χ4v) is 5.69. The van der Waals surface area contributed by atoms with E-state index in [9.17, 15) is 9.59 Å². The van der Waals surface area contributed by atoms with Gasteiger partial charge in [0.1, 0.15) is 4.53 Å². The minimum atomic E-state index is -0.385. The first-order valence-corrected chi connectivity index (χ1v) is 12.3. The van der Waals surface area contributed by atoms with Crippen molar-refractivity contribution >= 4 is 56.7 Å². The van der Waals surface area contributed by atoms with Gasteiger partial charge in [0.25, 0.3) is 11.5 Å². The molecule has 0 N–H and O–H groups in total. The Kier molecular flexibility index (Phi) is 5.21. The fourth-order valence-electron chi connectivity index (χ4n) is 4.20. The predicted octanol–water partition coefficient (Wildman–Crippen LogP) is 4.90. The standard InChI is InChI=1S/C26H16Cl2N4O2S/c1-14-6-8-15(9-7-14)13-31-20-5-3-2-4-18(20)21(24(31)33)22-25(34)32-26(35-22)29-23(30-32)17-11-10-16(27)12-19(17)28/h2-12H,13H2,1H3. The Labute approximate surface area is 213 Å². The second kappa shape index (κ2) is 8.30. The molecular formula is C26H16Cl2N4O2S. The molecule has 172 valence electrons. The van der Waals surface area contributed by atoms with Crippen LogP contribution in [0.5, 0.6) is 0 Å². The quantitative estimate of drug-likeness (QED) is 0.340. The van der Waals surface area contributed by atoms with Crippen LogP contribution in [0.4, 0.5) is 5.69 Å². The van der Waals surface area contributed by atoms with Crippen molar-refractivity contribution in [1.29, 1.82) is 0 Å². The van der Waals surface area contributed by atoms with Gasteiger partial charge in [0, 0.05) is 16.1 Å². The average molecular weight is 519 g/mol. The number of anilines is 1. The highest BCUT2D eigenvalue weighted by Gasteiger charge is 2.34. The van der Waals surface area contributed by atoms with Crippen molar-refractivity contribution in [2.75, 3.05) is 4.90 Å². The molecule has 0 spiro atoms. The van der Waals surface area contributed by atoms with E-state index in [1.54, 1.807) is 23.1 Å². The van der Waals surface area contributed by atoms with Crippen LogP contribution in [0, 0.1) is 6.92 Å². The lowest BCUT2D eigenvalue weighted by Crippen LogP contribution is -2.32. The van der Waals surface area contributed by atoms with Crippen molar-refractivity contribution in [3.8, 4) is 11.4 Å². The normalized spacial score (nSPS) is 14.7. The summed E-state index contributed by atoms with van der Waals surface area (Å²) in [7, 11) is 0. The van der Waals surface area contributed by atoms with Gasteiger partial charge >= 0.3 is 0 Å². The maximum Gasteiger partial charge on any atom is 0.291 e. The molecule has 0 bridgehead atoms. The zero-order valence-corrected chi connectivity index (χ0v) is 20.7. The molecule has 9 heteroatoms. The molecule has 1 aliphatic rings. The second-order valence-corrected chi connectivity index (χ2v) is 10.1. The van der Waals surface area contributed by atoms with Gasteiger partial charge in [-0.25, -0.2) is 0 Å². The number of aromatic nitrogens is 3. The van der Waals surface area contributed by atoms with Crippen LogP contribution in [-0.2, 0) is 11.3 Å². The molecule has 6 rings (SSSR count). The molecule has 0 unspecified atom stereocenters. The van der Waals surface area contributed by atoms with E-state index in [-0.39, 0.29) is 11.5 Å².